The Bertz CT molecular complexity index is 3810. The lowest BCUT2D eigenvalue weighted by molar-refractivity contribution is 0.620. The average molecular weight is 821 g/mol. The average Bonchev–Trinajstić information content (AvgIpc) is 4.11. The van der Waals surface area contributed by atoms with Crippen molar-refractivity contribution in [1.82, 2.24) is 19.9 Å². The third-order valence-electron chi connectivity index (χ3n) is 13.2. The van der Waals surface area contributed by atoms with Crippen LogP contribution >= 0.6 is 11.3 Å². The second-order valence-corrected chi connectivity index (χ2v) is 17.6. The van der Waals surface area contributed by atoms with Crippen molar-refractivity contribution in [3.05, 3.63) is 216 Å². The molecule has 0 N–H and O–H groups in total. The molecule has 0 amide bonds. The molecule has 3 aromatic heterocycles. The van der Waals surface area contributed by atoms with Gasteiger partial charge in [0.25, 0.3) is 0 Å². The van der Waals surface area contributed by atoms with Gasteiger partial charge in [-0.05, 0) is 97.7 Å². The highest BCUT2D eigenvalue weighted by molar-refractivity contribution is 7.26. The zero-order chi connectivity index (χ0) is 41.2. The third-order valence-corrected chi connectivity index (χ3v) is 14.3. The molecule has 2 aliphatic rings. The van der Waals surface area contributed by atoms with Crippen molar-refractivity contribution in [3.8, 4) is 67.9 Å². The molecule has 0 unspecified atom stereocenters. The van der Waals surface area contributed by atoms with E-state index in [1.54, 1.807) is 11.3 Å². The molecule has 0 radical (unpaired) electrons. The van der Waals surface area contributed by atoms with Crippen LogP contribution < -0.4 is 0 Å². The highest BCUT2D eigenvalue weighted by atomic mass is 32.1. The van der Waals surface area contributed by atoms with Crippen molar-refractivity contribution < 1.29 is 4.42 Å². The van der Waals surface area contributed by atoms with Gasteiger partial charge < -0.3 is 4.42 Å². The summed E-state index contributed by atoms with van der Waals surface area (Å²) in [5.74, 6) is 2.49. The molecular weight excluding hydrogens is 789 g/mol. The lowest BCUT2D eigenvalue weighted by Gasteiger charge is -2.30. The van der Waals surface area contributed by atoms with Crippen LogP contribution in [0, 0.1) is 0 Å². The molecule has 0 saturated heterocycles. The van der Waals surface area contributed by atoms with Gasteiger partial charge in [-0.25, -0.2) is 19.9 Å². The van der Waals surface area contributed by atoms with Gasteiger partial charge in [-0.1, -0.05) is 152 Å². The molecule has 9 aromatic carbocycles. The summed E-state index contributed by atoms with van der Waals surface area (Å²) in [6.45, 7) is 0. The summed E-state index contributed by atoms with van der Waals surface area (Å²) in [5.41, 5.74) is 15.1. The molecule has 3 heterocycles. The zero-order valence-electron chi connectivity index (χ0n) is 33.6. The maximum Gasteiger partial charge on any atom is 0.227 e. The van der Waals surface area contributed by atoms with Gasteiger partial charge in [0, 0.05) is 42.4 Å². The van der Waals surface area contributed by atoms with Crippen LogP contribution in [-0.4, -0.2) is 19.9 Å². The fraction of sp³-hybridized carbons (Fsp3) is 0.0175. The Morgan fingerprint density at radius 2 is 0.889 bits per heavy atom. The van der Waals surface area contributed by atoms with Crippen LogP contribution in [0.25, 0.3) is 110 Å². The molecule has 2 aliphatic carbocycles. The second kappa shape index (κ2) is 13.0. The van der Waals surface area contributed by atoms with E-state index >= 15 is 0 Å². The number of hydrogen-bond donors (Lipinski definition) is 0. The van der Waals surface area contributed by atoms with Gasteiger partial charge in [0.2, 0.25) is 5.89 Å². The number of nitrogens with zero attached hydrogens (tertiary/aromatic N) is 4. The largest absolute Gasteiger partial charge is 0.436 e. The molecule has 0 aliphatic heterocycles. The summed E-state index contributed by atoms with van der Waals surface area (Å²) < 4.78 is 8.73. The number of benzene rings is 9. The molecule has 5 nitrogen and oxygen atoms in total. The number of hydrogen-bond acceptors (Lipinski definition) is 6. The minimum Gasteiger partial charge on any atom is -0.436 e. The van der Waals surface area contributed by atoms with E-state index in [9.17, 15) is 0 Å². The van der Waals surface area contributed by atoms with E-state index in [1.807, 2.05) is 54.6 Å². The Kier molecular flexibility index (Phi) is 7.13. The lowest BCUT2D eigenvalue weighted by atomic mass is 9.70. The predicted molar refractivity (Wildman–Crippen MR) is 256 cm³/mol. The van der Waals surface area contributed by atoms with Crippen molar-refractivity contribution >= 4 is 53.4 Å². The first-order valence-electron chi connectivity index (χ1n) is 21.2. The SMILES string of the molecule is c1ccc(-c2nc(-c3ccc4c(c3)C3(c5ccccc5-c5ccccc53)c3ccccc3-4)nc(-c3ccc4ccc5sc6ccc7oc(-c8ccccc8)nc7c6c5c4c3)n2)cc1. The fourth-order valence-corrected chi connectivity index (χ4v) is 11.6. The Morgan fingerprint density at radius 3 is 1.56 bits per heavy atom. The predicted octanol–water partition coefficient (Wildman–Crippen LogP) is 14.5. The van der Waals surface area contributed by atoms with Gasteiger partial charge in [0.15, 0.2) is 23.1 Å². The van der Waals surface area contributed by atoms with Gasteiger partial charge in [0.05, 0.1) is 5.41 Å². The van der Waals surface area contributed by atoms with Crippen molar-refractivity contribution in [2.75, 3.05) is 0 Å². The first kappa shape index (κ1) is 34.6. The Balaban J connectivity index is 0.986. The summed E-state index contributed by atoms with van der Waals surface area (Å²) >= 11 is 1.78. The molecule has 0 fully saturated rings. The van der Waals surface area contributed by atoms with Crippen LogP contribution in [0.2, 0.25) is 0 Å². The molecule has 14 rings (SSSR count). The molecule has 12 aromatic rings. The molecule has 292 valence electrons. The Morgan fingerprint density at radius 1 is 0.381 bits per heavy atom. The number of aromatic nitrogens is 4. The third kappa shape index (κ3) is 4.87. The maximum absolute atomic E-state index is 6.37. The van der Waals surface area contributed by atoms with E-state index in [1.165, 1.54) is 53.9 Å². The van der Waals surface area contributed by atoms with Crippen molar-refractivity contribution in [1.29, 1.82) is 0 Å². The van der Waals surface area contributed by atoms with Gasteiger partial charge in [-0.15, -0.1) is 11.3 Å². The standard InChI is InChI=1S/C57H32N4OS/c1-3-13-34(14-4-1)53-59-54(36-24-23-33-26-29-48-50(42(33)31-36)51-49(63-48)30-28-47-52(51)58-56(62-47)35-15-5-2-6-16-35)61-55(60-53)37-25-27-41-40-19-9-12-22-45(40)57(46(41)32-37)43-20-10-7-17-38(43)39-18-8-11-21-44(39)57/h1-32H. The fourth-order valence-electron chi connectivity index (χ4n) is 10.5. The lowest BCUT2D eigenvalue weighted by Crippen LogP contribution is -2.25. The number of fused-ring (bicyclic) bond motifs is 17. The minimum absolute atomic E-state index is 0.475. The normalized spacial score (nSPS) is 13.2. The minimum atomic E-state index is -0.475. The van der Waals surface area contributed by atoms with Gasteiger partial charge in [0.1, 0.15) is 5.52 Å². The molecule has 1 spiro atoms. The molecule has 0 atom stereocenters. The van der Waals surface area contributed by atoms with E-state index in [4.69, 9.17) is 24.4 Å². The summed E-state index contributed by atoms with van der Waals surface area (Å²) in [6, 6.07) is 69.0. The van der Waals surface area contributed by atoms with Crippen LogP contribution in [0.1, 0.15) is 22.3 Å². The number of rotatable bonds is 4. The van der Waals surface area contributed by atoms with Crippen molar-refractivity contribution in [3.63, 3.8) is 0 Å². The van der Waals surface area contributed by atoms with E-state index < -0.39 is 5.41 Å². The van der Waals surface area contributed by atoms with E-state index in [-0.39, 0.29) is 0 Å². The summed E-state index contributed by atoms with van der Waals surface area (Å²) in [7, 11) is 0. The molecular formula is C57H32N4OS. The van der Waals surface area contributed by atoms with E-state index in [0.29, 0.717) is 23.4 Å². The van der Waals surface area contributed by atoms with Crippen LogP contribution in [0.5, 0.6) is 0 Å². The summed E-state index contributed by atoms with van der Waals surface area (Å²) in [5, 5.41) is 4.51. The highest BCUT2D eigenvalue weighted by Crippen LogP contribution is 2.63. The summed E-state index contributed by atoms with van der Waals surface area (Å²) in [4.78, 5) is 20.9. The Hall–Kier alpha value is -8.06. The van der Waals surface area contributed by atoms with Crippen LogP contribution in [0.15, 0.2) is 199 Å². The van der Waals surface area contributed by atoms with Crippen molar-refractivity contribution in [2.45, 2.75) is 5.41 Å². The first-order valence-corrected chi connectivity index (χ1v) is 22.0. The molecule has 6 heteroatoms. The molecule has 0 saturated carbocycles. The number of oxazole rings is 1. The first-order chi connectivity index (χ1) is 31.2. The molecule has 63 heavy (non-hydrogen) atoms. The van der Waals surface area contributed by atoms with Crippen LogP contribution in [-0.2, 0) is 5.41 Å². The van der Waals surface area contributed by atoms with Crippen LogP contribution in [0.3, 0.4) is 0 Å². The second-order valence-electron chi connectivity index (χ2n) is 16.5. The maximum atomic E-state index is 6.37. The van der Waals surface area contributed by atoms with Crippen LogP contribution in [0.4, 0.5) is 0 Å². The van der Waals surface area contributed by atoms with Gasteiger partial charge >= 0.3 is 0 Å². The smallest absolute Gasteiger partial charge is 0.227 e. The number of thiophene rings is 1. The summed E-state index contributed by atoms with van der Waals surface area (Å²) in [6.07, 6.45) is 0. The highest BCUT2D eigenvalue weighted by Gasteiger charge is 2.51. The Labute approximate surface area is 365 Å². The van der Waals surface area contributed by atoms with Crippen molar-refractivity contribution in [2.24, 2.45) is 0 Å². The van der Waals surface area contributed by atoms with E-state index in [2.05, 4.69) is 140 Å². The van der Waals surface area contributed by atoms with E-state index in [0.717, 1.165) is 54.9 Å². The van der Waals surface area contributed by atoms with Gasteiger partial charge in [-0.3, -0.25) is 0 Å². The quantitative estimate of drug-likeness (QED) is 0.177. The monoisotopic (exact) mass is 820 g/mol. The topological polar surface area (TPSA) is 64.7 Å². The molecule has 0 bridgehead atoms. The zero-order valence-corrected chi connectivity index (χ0v) is 34.4. The van der Waals surface area contributed by atoms with Gasteiger partial charge in [-0.2, -0.15) is 0 Å².